The molecule has 0 bridgehead atoms. The minimum atomic E-state index is -0.466. The van der Waals surface area contributed by atoms with Gasteiger partial charge >= 0.3 is 5.69 Å². The van der Waals surface area contributed by atoms with Crippen molar-refractivity contribution in [3.05, 3.63) is 22.0 Å². The van der Waals surface area contributed by atoms with Crippen LogP contribution in [0.4, 0.5) is 5.69 Å². The van der Waals surface area contributed by atoms with Crippen molar-refractivity contribution < 1.29 is 9.72 Å². The monoisotopic (exact) mass is 311 g/mol. The molecule has 0 aliphatic rings. The number of rotatable bonds is 10. The lowest BCUT2D eigenvalue weighted by Gasteiger charge is -2.17. The van der Waals surface area contributed by atoms with Gasteiger partial charge in [-0.25, -0.2) is 0 Å². The van der Waals surface area contributed by atoms with E-state index >= 15 is 0 Å². The van der Waals surface area contributed by atoms with Gasteiger partial charge in [0.2, 0.25) is 5.91 Å². The first-order valence-corrected chi connectivity index (χ1v) is 7.65. The van der Waals surface area contributed by atoms with Gasteiger partial charge in [-0.1, -0.05) is 13.8 Å². The molecule has 1 aromatic heterocycles. The predicted molar refractivity (Wildman–Crippen MR) is 83.7 cm³/mol. The van der Waals surface area contributed by atoms with E-state index in [0.717, 1.165) is 26.1 Å². The summed E-state index contributed by atoms with van der Waals surface area (Å²) in [6.07, 6.45) is 2.55. The van der Waals surface area contributed by atoms with Crippen LogP contribution in [-0.2, 0) is 11.3 Å². The van der Waals surface area contributed by atoms with Crippen molar-refractivity contribution in [2.45, 2.75) is 40.2 Å². The van der Waals surface area contributed by atoms with E-state index in [1.807, 2.05) is 0 Å². The van der Waals surface area contributed by atoms with Gasteiger partial charge in [0.1, 0.15) is 11.9 Å². The fourth-order valence-electron chi connectivity index (χ4n) is 2.18. The quantitative estimate of drug-likeness (QED) is 0.400. The summed E-state index contributed by atoms with van der Waals surface area (Å²) in [5, 5.41) is 17.6. The third-order valence-corrected chi connectivity index (χ3v) is 3.55. The zero-order valence-electron chi connectivity index (χ0n) is 13.5. The van der Waals surface area contributed by atoms with Crippen molar-refractivity contribution in [1.82, 2.24) is 20.0 Å². The number of aromatic nitrogens is 2. The maximum Gasteiger partial charge on any atom is 0.309 e. The van der Waals surface area contributed by atoms with Gasteiger partial charge in [0.25, 0.3) is 0 Å². The van der Waals surface area contributed by atoms with Gasteiger partial charge < -0.3 is 10.2 Å². The Morgan fingerprint density at radius 3 is 2.68 bits per heavy atom. The second kappa shape index (κ2) is 9.14. The summed E-state index contributed by atoms with van der Waals surface area (Å²) in [5.74, 6) is -0.0599. The molecule has 0 aliphatic heterocycles. The number of carbonyl (C=O) groups excluding carboxylic acids is 1. The molecule has 124 valence electrons. The minimum absolute atomic E-state index is 0.0142. The molecule has 0 saturated carbocycles. The van der Waals surface area contributed by atoms with Gasteiger partial charge in [0.05, 0.1) is 4.92 Å². The Labute approximate surface area is 130 Å². The Morgan fingerprint density at radius 1 is 1.45 bits per heavy atom. The van der Waals surface area contributed by atoms with Gasteiger partial charge in [-0.05, 0) is 33.0 Å². The number of carbonyl (C=O) groups is 1. The fraction of sp³-hybridized carbons (Fsp3) is 0.714. The number of nitrogens with zero attached hydrogens (tertiary/aromatic N) is 4. The van der Waals surface area contributed by atoms with Crippen LogP contribution in [0.15, 0.2) is 6.20 Å². The summed E-state index contributed by atoms with van der Waals surface area (Å²) in [5.41, 5.74) is 0.351. The number of nitrogens with one attached hydrogen (secondary N) is 1. The van der Waals surface area contributed by atoms with Gasteiger partial charge in [0, 0.05) is 19.5 Å². The molecule has 1 rings (SSSR count). The van der Waals surface area contributed by atoms with Crippen LogP contribution in [-0.4, -0.2) is 51.7 Å². The maximum atomic E-state index is 11.7. The Bertz CT molecular complexity index is 497. The lowest BCUT2D eigenvalue weighted by molar-refractivity contribution is -0.385. The summed E-state index contributed by atoms with van der Waals surface area (Å²) in [6, 6.07) is 0. The maximum absolute atomic E-state index is 11.7. The first-order valence-electron chi connectivity index (χ1n) is 7.65. The summed E-state index contributed by atoms with van der Waals surface area (Å²) >= 11 is 0. The molecule has 0 unspecified atom stereocenters. The van der Waals surface area contributed by atoms with Crippen LogP contribution in [0.5, 0.6) is 0 Å². The Balaban J connectivity index is 2.26. The van der Waals surface area contributed by atoms with Crippen molar-refractivity contribution in [2.24, 2.45) is 0 Å². The molecule has 0 atom stereocenters. The minimum Gasteiger partial charge on any atom is -0.356 e. The SMILES string of the molecule is CCN(CC)CCCNC(=O)CCn1cc([N+](=O)[O-])c(C)n1. The Hall–Kier alpha value is -1.96. The number of hydrogen-bond acceptors (Lipinski definition) is 5. The molecule has 1 amide bonds. The van der Waals surface area contributed by atoms with Gasteiger partial charge in [-0.2, -0.15) is 5.10 Å². The molecule has 0 radical (unpaired) electrons. The molecule has 0 spiro atoms. The predicted octanol–water partition coefficient (Wildman–Crippen LogP) is 1.34. The fourth-order valence-corrected chi connectivity index (χ4v) is 2.18. The van der Waals surface area contributed by atoms with E-state index in [1.165, 1.54) is 10.9 Å². The molecule has 8 heteroatoms. The van der Waals surface area contributed by atoms with Crippen LogP contribution >= 0.6 is 0 Å². The lowest BCUT2D eigenvalue weighted by atomic mass is 10.3. The van der Waals surface area contributed by atoms with Gasteiger partial charge in [-0.15, -0.1) is 0 Å². The number of nitro groups is 1. The van der Waals surface area contributed by atoms with Crippen LogP contribution in [0.2, 0.25) is 0 Å². The van der Waals surface area contributed by atoms with E-state index in [-0.39, 0.29) is 18.0 Å². The van der Waals surface area contributed by atoms with E-state index < -0.39 is 4.92 Å². The molecular weight excluding hydrogens is 286 g/mol. The largest absolute Gasteiger partial charge is 0.356 e. The Morgan fingerprint density at radius 2 is 2.14 bits per heavy atom. The van der Waals surface area contributed by atoms with E-state index in [1.54, 1.807) is 6.92 Å². The Kier molecular flexibility index (Phi) is 7.51. The smallest absolute Gasteiger partial charge is 0.309 e. The summed E-state index contributed by atoms with van der Waals surface area (Å²) < 4.78 is 1.45. The van der Waals surface area contributed by atoms with E-state index in [0.29, 0.717) is 18.8 Å². The van der Waals surface area contributed by atoms with Gasteiger partial charge in [-0.3, -0.25) is 19.6 Å². The average Bonchev–Trinajstić information content (AvgIpc) is 2.86. The third-order valence-electron chi connectivity index (χ3n) is 3.55. The summed E-state index contributed by atoms with van der Waals surface area (Å²) in [4.78, 5) is 24.3. The molecule has 22 heavy (non-hydrogen) atoms. The van der Waals surface area contributed by atoms with E-state index in [4.69, 9.17) is 0 Å². The molecule has 0 aliphatic carbocycles. The zero-order chi connectivity index (χ0) is 16.5. The second-order valence-corrected chi connectivity index (χ2v) is 5.10. The highest BCUT2D eigenvalue weighted by atomic mass is 16.6. The van der Waals surface area contributed by atoms with Crippen molar-refractivity contribution >= 4 is 11.6 Å². The first-order chi connectivity index (χ1) is 10.5. The summed E-state index contributed by atoms with van der Waals surface area (Å²) in [7, 11) is 0. The second-order valence-electron chi connectivity index (χ2n) is 5.10. The highest BCUT2D eigenvalue weighted by Crippen LogP contribution is 2.14. The zero-order valence-corrected chi connectivity index (χ0v) is 13.5. The van der Waals surface area contributed by atoms with Crippen molar-refractivity contribution in [3.8, 4) is 0 Å². The van der Waals surface area contributed by atoms with Crippen LogP contribution in [0.1, 0.15) is 32.4 Å². The molecular formula is C14H25N5O3. The number of aryl methyl sites for hydroxylation is 2. The average molecular weight is 311 g/mol. The van der Waals surface area contributed by atoms with Crippen LogP contribution in [0.25, 0.3) is 0 Å². The molecule has 1 aromatic rings. The van der Waals surface area contributed by atoms with Crippen molar-refractivity contribution in [1.29, 1.82) is 0 Å². The van der Waals surface area contributed by atoms with E-state index in [9.17, 15) is 14.9 Å². The number of amides is 1. The molecule has 1 heterocycles. The van der Waals surface area contributed by atoms with E-state index in [2.05, 4.69) is 29.2 Å². The molecule has 8 nitrogen and oxygen atoms in total. The normalized spacial score (nSPS) is 10.9. The highest BCUT2D eigenvalue weighted by Gasteiger charge is 2.15. The molecule has 0 aromatic carbocycles. The van der Waals surface area contributed by atoms with Crippen LogP contribution in [0.3, 0.4) is 0 Å². The van der Waals surface area contributed by atoms with Crippen molar-refractivity contribution in [2.75, 3.05) is 26.2 Å². The lowest BCUT2D eigenvalue weighted by Crippen LogP contribution is -2.30. The number of hydrogen-bond donors (Lipinski definition) is 1. The molecule has 0 fully saturated rings. The molecule has 0 saturated heterocycles. The first kappa shape index (κ1) is 18.1. The van der Waals surface area contributed by atoms with Crippen molar-refractivity contribution in [3.63, 3.8) is 0 Å². The summed E-state index contributed by atoms with van der Waals surface area (Å²) in [6.45, 7) is 9.81. The topological polar surface area (TPSA) is 93.3 Å². The van der Waals surface area contributed by atoms with Crippen LogP contribution < -0.4 is 5.32 Å². The highest BCUT2D eigenvalue weighted by molar-refractivity contribution is 5.75. The van der Waals surface area contributed by atoms with Crippen LogP contribution in [0, 0.1) is 17.0 Å². The van der Waals surface area contributed by atoms with Gasteiger partial charge in [0.15, 0.2) is 0 Å². The molecule has 1 N–H and O–H groups in total. The third kappa shape index (κ3) is 5.80. The standard InChI is InChI=1S/C14H25N5O3/c1-4-17(5-2)9-6-8-15-14(20)7-10-18-11-13(19(21)22)12(3)16-18/h11H,4-10H2,1-3H3,(H,15,20).